The van der Waals surface area contributed by atoms with Crippen molar-refractivity contribution in [2.24, 2.45) is 22.2 Å². The van der Waals surface area contributed by atoms with Gasteiger partial charge in [-0.2, -0.15) is 0 Å². The maximum Gasteiger partial charge on any atom is 0.0635 e. The Morgan fingerprint density at radius 1 is 1.33 bits per heavy atom. The van der Waals surface area contributed by atoms with Gasteiger partial charge in [0.15, 0.2) is 0 Å². The van der Waals surface area contributed by atoms with E-state index in [4.69, 9.17) is 10.2 Å². The SMILES string of the molecule is [2H][C@@H]1[C@@]23CC[C@@H](Br)[C@]1(C([2H])([2H])[2H])CC[C@H]2C(C)(C)C[C@@H]3OC. The lowest BCUT2D eigenvalue weighted by Crippen LogP contribution is -2.53. The minimum Gasteiger partial charge on any atom is -0.381 e. The van der Waals surface area contributed by atoms with E-state index in [1.807, 2.05) is 0 Å². The van der Waals surface area contributed by atoms with Crippen LogP contribution in [0.3, 0.4) is 0 Å². The van der Waals surface area contributed by atoms with Crippen molar-refractivity contribution < 1.29 is 10.2 Å². The number of ether oxygens (including phenoxy) is 1. The highest BCUT2D eigenvalue weighted by molar-refractivity contribution is 9.09. The zero-order valence-electron chi connectivity index (χ0n) is 15.6. The summed E-state index contributed by atoms with van der Waals surface area (Å²) in [4.78, 5) is -0.0946. The van der Waals surface area contributed by atoms with E-state index in [1.165, 1.54) is 0 Å². The van der Waals surface area contributed by atoms with Crippen LogP contribution in [0.25, 0.3) is 0 Å². The molecule has 0 saturated heterocycles. The summed E-state index contributed by atoms with van der Waals surface area (Å²) in [7, 11) is 1.73. The molecule has 3 aliphatic rings. The molecule has 2 heteroatoms. The van der Waals surface area contributed by atoms with Gasteiger partial charge in [0, 0.05) is 22.8 Å². The van der Waals surface area contributed by atoms with Gasteiger partial charge in [-0.05, 0) is 55.2 Å². The van der Waals surface area contributed by atoms with Crippen LogP contribution in [0.2, 0.25) is 0 Å². The number of fused-ring (bicyclic) bond motifs is 1. The minimum absolute atomic E-state index is 0.0111. The molecule has 104 valence electrons. The van der Waals surface area contributed by atoms with E-state index in [0.29, 0.717) is 12.3 Å². The van der Waals surface area contributed by atoms with Crippen LogP contribution in [0.15, 0.2) is 0 Å². The van der Waals surface area contributed by atoms with Crippen molar-refractivity contribution in [3.05, 3.63) is 0 Å². The van der Waals surface area contributed by atoms with Gasteiger partial charge in [-0.25, -0.2) is 0 Å². The first kappa shape index (κ1) is 9.39. The largest absolute Gasteiger partial charge is 0.381 e. The molecule has 3 rings (SSSR count). The highest BCUT2D eigenvalue weighted by Gasteiger charge is 2.64. The topological polar surface area (TPSA) is 9.23 Å². The highest BCUT2D eigenvalue weighted by atomic mass is 79.9. The second kappa shape index (κ2) is 3.97. The lowest BCUT2D eigenvalue weighted by atomic mass is 9.50. The van der Waals surface area contributed by atoms with Crippen molar-refractivity contribution in [2.75, 3.05) is 7.11 Å². The van der Waals surface area contributed by atoms with Crippen LogP contribution < -0.4 is 0 Å². The zero-order valence-corrected chi connectivity index (χ0v) is 13.2. The summed E-state index contributed by atoms with van der Waals surface area (Å²) in [6.07, 6.45) is 3.63. The molecule has 0 aromatic rings. The zero-order chi connectivity index (χ0) is 16.6. The average molecular weight is 319 g/mol. The smallest absolute Gasteiger partial charge is 0.0635 e. The molecule has 0 N–H and O–H groups in total. The minimum atomic E-state index is -2.10. The van der Waals surface area contributed by atoms with Crippen LogP contribution >= 0.6 is 15.9 Å². The van der Waals surface area contributed by atoms with Gasteiger partial charge in [-0.15, -0.1) is 0 Å². The van der Waals surface area contributed by atoms with Crippen molar-refractivity contribution in [1.29, 1.82) is 0 Å². The van der Waals surface area contributed by atoms with Crippen molar-refractivity contribution in [3.8, 4) is 0 Å². The Kier molecular flexibility index (Phi) is 2.07. The molecule has 0 radical (unpaired) electrons. The highest BCUT2D eigenvalue weighted by Crippen LogP contribution is 2.69. The van der Waals surface area contributed by atoms with Crippen LogP contribution in [0.1, 0.15) is 64.7 Å². The molecule has 3 aliphatic carbocycles. The van der Waals surface area contributed by atoms with Gasteiger partial charge >= 0.3 is 0 Å². The average Bonchev–Trinajstić information content (AvgIpc) is 2.61. The Balaban J connectivity index is 2.14. The fourth-order valence-corrected chi connectivity index (χ4v) is 5.73. The summed E-state index contributed by atoms with van der Waals surface area (Å²) in [5.74, 6) is 0.392. The molecule has 3 saturated carbocycles. The molecule has 0 unspecified atom stereocenters. The summed E-state index contributed by atoms with van der Waals surface area (Å²) < 4.78 is 39.4. The second-order valence-corrected chi connectivity index (χ2v) is 8.42. The van der Waals surface area contributed by atoms with Gasteiger partial charge in [-0.3, -0.25) is 0 Å². The quantitative estimate of drug-likeness (QED) is 0.632. The number of methoxy groups -OCH3 is 1. The lowest BCUT2D eigenvalue weighted by molar-refractivity contribution is -0.0998. The summed E-state index contributed by atoms with van der Waals surface area (Å²) in [5, 5.41) is 0. The molecule has 1 nitrogen and oxygen atoms in total. The molecule has 6 atom stereocenters. The lowest BCUT2D eigenvalue weighted by Gasteiger charge is -2.58. The first-order chi connectivity index (χ1) is 10.0. The van der Waals surface area contributed by atoms with E-state index in [9.17, 15) is 0 Å². The summed E-state index contributed by atoms with van der Waals surface area (Å²) in [6.45, 7) is 2.44. The third kappa shape index (κ3) is 1.60. The Labute approximate surface area is 126 Å². The monoisotopic (exact) mass is 318 g/mol. The van der Waals surface area contributed by atoms with E-state index in [2.05, 4.69) is 29.8 Å². The number of rotatable bonds is 1. The first-order valence-electron chi connectivity index (χ1n) is 9.21. The summed E-state index contributed by atoms with van der Waals surface area (Å²) in [5.41, 5.74) is -1.10. The first-order valence-corrected chi connectivity index (χ1v) is 8.05. The van der Waals surface area contributed by atoms with E-state index >= 15 is 0 Å². The molecule has 3 fully saturated rings. The maximum absolute atomic E-state index is 9.08. The number of alkyl halides is 1. The van der Waals surface area contributed by atoms with Crippen LogP contribution in [0.5, 0.6) is 0 Å². The van der Waals surface area contributed by atoms with Crippen molar-refractivity contribution >= 4 is 15.9 Å². The molecular formula is C16H27BrO. The molecular weight excluding hydrogens is 288 g/mol. The van der Waals surface area contributed by atoms with Gasteiger partial charge in [0.2, 0.25) is 0 Å². The third-order valence-electron chi connectivity index (χ3n) is 5.95. The second-order valence-electron chi connectivity index (χ2n) is 7.31. The van der Waals surface area contributed by atoms with Gasteiger partial charge in [-0.1, -0.05) is 36.6 Å². The number of hydrogen-bond donors (Lipinski definition) is 0. The van der Waals surface area contributed by atoms with Gasteiger partial charge < -0.3 is 4.74 Å². The standard InChI is InChI=1S/C16H27BrO/c1-14(2)9-13(18-4)16-8-6-12(17)15(3,10-16)7-5-11(14)16/h11-13H,5-10H2,1-4H3/t11-,12+,13-,15+,16-/m0/s1/i3D3,10D/t10-,11-,12+,13-,15+,16-. The summed E-state index contributed by atoms with van der Waals surface area (Å²) in [6, 6.07) is 0. The number of hydrogen-bond acceptors (Lipinski definition) is 1. The van der Waals surface area contributed by atoms with Crippen LogP contribution in [0.4, 0.5) is 0 Å². The van der Waals surface area contributed by atoms with Crippen LogP contribution in [-0.2, 0) is 4.74 Å². The van der Waals surface area contributed by atoms with Gasteiger partial charge in [0.05, 0.1) is 6.10 Å². The van der Waals surface area contributed by atoms with E-state index in [1.54, 1.807) is 7.11 Å². The predicted molar refractivity (Wildman–Crippen MR) is 79.0 cm³/mol. The molecule has 0 aliphatic heterocycles. The van der Waals surface area contributed by atoms with E-state index in [0.717, 1.165) is 25.7 Å². The van der Waals surface area contributed by atoms with Crippen molar-refractivity contribution in [1.82, 2.24) is 0 Å². The van der Waals surface area contributed by atoms with Crippen LogP contribution in [0, 0.1) is 22.2 Å². The van der Waals surface area contributed by atoms with Crippen LogP contribution in [-0.4, -0.2) is 18.0 Å². The third-order valence-corrected chi connectivity index (χ3v) is 7.23. The molecule has 0 heterocycles. The Hall–Kier alpha value is 0.440. The molecule has 18 heavy (non-hydrogen) atoms. The molecule has 0 amide bonds. The Bertz CT molecular complexity index is 466. The van der Waals surface area contributed by atoms with Gasteiger partial charge in [0.25, 0.3) is 0 Å². The maximum atomic E-state index is 9.08. The number of halogens is 1. The van der Waals surface area contributed by atoms with Crippen molar-refractivity contribution in [2.45, 2.75) is 70.1 Å². The molecule has 2 bridgehead atoms. The van der Waals surface area contributed by atoms with E-state index in [-0.39, 0.29) is 21.8 Å². The normalized spacial score (nSPS) is 62.2. The molecule has 1 spiro atoms. The fourth-order valence-electron chi connectivity index (χ4n) is 5.14. The predicted octanol–water partition coefficient (Wildman–Crippen LogP) is 4.78. The van der Waals surface area contributed by atoms with E-state index < -0.39 is 18.7 Å². The summed E-state index contributed by atoms with van der Waals surface area (Å²) >= 11 is 3.65. The Morgan fingerprint density at radius 2 is 2.11 bits per heavy atom. The molecule has 0 aromatic heterocycles. The Morgan fingerprint density at radius 3 is 2.78 bits per heavy atom. The fraction of sp³-hybridized carbons (Fsp3) is 1.00. The van der Waals surface area contributed by atoms with Crippen molar-refractivity contribution in [3.63, 3.8) is 0 Å². The molecule has 0 aromatic carbocycles. The van der Waals surface area contributed by atoms with Gasteiger partial charge in [0.1, 0.15) is 0 Å².